The lowest BCUT2D eigenvalue weighted by atomic mass is 9.82. The largest absolute Gasteiger partial charge is 0.288 e. The summed E-state index contributed by atoms with van der Waals surface area (Å²) in [6.07, 6.45) is 0. The van der Waals surface area contributed by atoms with Crippen molar-refractivity contribution in [3.63, 3.8) is 0 Å². The second-order valence-corrected chi connectivity index (χ2v) is 12.3. The summed E-state index contributed by atoms with van der Waals surface area (Å²) in [5.41, 5.74) is 1.41. The standard InChI is InChI=1S/C28H22N2O6S2/c1-17-9-13-19(14-10-17)37(33,34)29-23-7-3-5-21-25(23)27(31)22-6-4-8-24(26(22)28(21)32)30-38(35,36)20-15-11-18(2)12-16-20/h3-16,29-30H,1-2H3. The van der Waals surface area contributed by atoms with Crippen LogP contribution in [0.2, 0.25) is 0 Å². The van der Waals surface area contributed by atoms with Gasteiger partial charge in [-0.1, -0.05) is 59.7 Å². The van der Waals surface area contributed by atoms with Crippen LogP contribution in [0, 0.1) is 13.8 Å². The van der Waals surface area contributed by atoms with Gasteiger partial charge in [0.15, 0.2) is 11.6 Å². The van der Waals surface area contributed by atoms with E-state index in [1.165, 1.54) is 60.7 Å². The van der Waals surface area contributed by atoms with Gasteiger partial charge in [0.2, 0.25) is 0 Å². The molecule has 0 aromatic heterocycles. The zero-order valence-corrected chi connectivity index (χ0v) is 22.0. The Balaban J connectivity index is 1.55. The van der Waals surface area contributed by atoms with Crippen LogP contribution in [0.5, 0.6) is 0 Å². The molecule has 10 heteroatoms. The Hall–Kier alpha value is -4.28. The molecule has 0 spiro atoms. The van der Waals surface area contributed by atoms with Crippen molar-refractivity contribution in [3.05, 3.63) is 118 Å². The van der Waals surface area contributed by atoms with Gasteiger partial charge in [-0.2, -0.15) is 0 Å². The lowest BCUT2D eigenvalue weighted by Crippen LogP contribution is -2.26. The molecule has 38 heavy (non-hydrogen) atoms. The molecule has 4 aromatic carbocycles. The van der Waals surface area contributed by atoms with Gasteiger partial charge in [-0.3, -0.25) is 19.0 Å². The fourth-order valence-corrected chi connectivity index (χ4v) is 6.40. The molecule has 0 saturated carbocycles. The van der Waals surface area contributed by atoms with Crippen molar-refractivity contribution in [2.45, 2.75) is 23.6 Å². The average molecular weight is 547 g/mol. The van der Waals surface area contributed by atoms with Crippen molar-refractivity contribution >= 4 is 43.0 Å². The summed E-state index contributed by atoms with van der Waals surface area (Å²) in [6.45, 7) is 3.66. The molecule has 0 atom stereocenters. The first kappa shape index (κ1) is 25.4. The molecule has 2 N–H and O–H groups in total. The highest BCUT2D eigenvalue weighted by molar-refractivity contribution is 7.93. The highest BCUT2D eigenvalue weighted by atomic mass is 32.2. The van der Waals surface area contributed by atoms with Gasteiger partial charge in [0, 0.05) is 11.1 Å². The lowest BCUT2D eigenvalue weighted by molar-refractivity contribution is 0.0980. The van der Waals surface area contributed by atoms with Crippen molar-refractivity contribution in [1.82, 2.24) is 0 Å². The Morgan fingerprint density at radius 3 is 1.18 bits per heavy atom. The predicted octanol–water partition coefficient (Wildman–Crippen LogP) is 4.68. The topological polar surface area (TPSA) is 126 Å². The quantitative estimate of drug-likeness (QED) is 0.318. The van der Waals surface area contributed by atoms with Gasteiger partial charge < -0.3 is 0 Å². The van der Waals surface area contributed by atoms with E-state index in [0.29, 0.717) is 0 Å². The second kappa shape index (κ2) is 9.23. The minimum absolute atomic E-state index is 0.00323. The van der Waals surface area contributed by atoms with Crippen LogP contribution in [-0.2, 0) is 20.0 Å². The molecule has 0 heterocycles. The van der Waals surface area contributed by atoms with Crippen molar-refractivity contribution in [1.29, 1.82) is 0 Å². The lowest BCUT2D eigenvalue weighted by Gasteiger charge is -2.23. The summed E-state index contributed by atoms with van der Waals surface area (Å²) < 4.78 is 56.9. The minimum atomic E-state index is -4.05. The fourth-order valence-electron chi connectivity index (χ4n) is 4.25. The predicted molar refractivity (Wildman–Crippen MR) is 144 cm³/mol. The summed E-state index contributed by atoms with van der Waals surface area (Å²) in [4.78, 5) is 27.2. The van der Waals surface area contributed by atoms with Gasteiger partial charge in [-0.05, 0) is 50.2 Å². The molecule has 0 saturated heterocycles. The monoisotopic (exact) mass is 546 g/mol. The number of aryl methyl sites for hydroxylation is 2. The Labute approximate surface area is 220 Å². The molecule has 1 aliphatic carbocycles. The number of benzene rings is 4. The highest BCUT2D eigenvalue weighted by Crippen LogP contribution is 2.36. The first-order chi connectivity index (χ1) is 18.0. The zero-order valence-electron chi connectivity index (χ0n) is 20.3. The first-order valence-corrected chi connectivity index (χ1v) is 14.5. The molecule has 8 nitrogen and oxygen atoms in total. The maximum Gasteiger partial charge on any atom is 0.261 e. The van der Waals surface area contributed by atoms with E-state index in [1.807, 2.05) is 13.8 Å². The summed E-state index contributed by atoms with van der Waals surface area (Å²) >= 11 is 0. The Morgan fingerprint density at radius 1 is 0.500 bits per heavy atom. The molecule has 1 aliphatic rings. The SMILES string of the molecule is Cc1ccc(S(=O)(=O)Nc2cccc3c2C(=O)c2cccc(NS(=O)(=O)c4ccc(C)cc4)c2C3=O)cc1. The Morgan fingerprint density at radius 2 is 0.842 bits per heavy atom. The number of carbonyl (C=O) groups excluding carboxylic acids is 2. The van der Waals surface area contributed by atoms with E-state index in [9.17, 15) is 26.4 Å². The second-order valence-electron chi connectivity index (χ2n) is 8.95. The maximum absolute atomic E-state index is 13.6. The molecule has 192 valence electrons. The molecule has 5 rings (SSSR count). The number of anilines is 2. The maximum atomic E-state index is 13.6. The number of carbonyl (C=O) groups is 2. The molecular formula is C28H22N2O6S2. The summed E-state index contributed by atoms with van der Waals surface area (Å²) in [7, 11) is -8.11. The normalized spacial score (nSPS) is 13.0. The van der Waals surface area contributed by atoms with E-state index < -0.39 is 31.6 Å². The van der Waals surface area contributed by atoms with Crippen molar-refractivity contribution in [2.75, 3.05) is 9.44 Å². The van der Waals surface area contributed by atoms with Gasteiger partial charge in [0.05, 0.1) is 32.3 Å². The molecule has 0 unspecified atom stereocenters. The number of sulfonamides is 2. The van der Waals surface area contributed by atoms with Gasteiger partial charge >= 0.3 is 0 Å². The van der Waals surface area contributed by atoms with Crippen LogP contribution in [-0.4, -0.2) is 28.4 Å². The van der Waals surface area contributed by atoms with Crippen molar-refractivity contribution < 1.29 is 26.4 Å². The fraction of sp³-hybridized carbons (Fsp3) is 0.0714. The van der Waals surface area contributed by atoms with Crippen LogP contribution < -0.4 is 9.44 Å². The first-order valence-electron chi connectivity index (χ1n) is 11.5. The Bertz CT molecular complexity index is 1690. The van der Waals surface area contributed by atoms with Gasteiger partial charge in [0.25, 0.3) is 20.0 Å². The molecular weight excluding hydrogens is 524 g/mol. The van der Waals surface area contributed by atoms with Crippen LogP contribution in [0.15, 0.2) is 94.7 Å². The van der Waals surface area contributed by atoms with Crippen LogP contribution in [0.25, 0.3) is 0 Å². The van der Waals surface area contributed by atoms with Crippen LogP contribution in [0.4, 0.5) is 11.4 Å². The summed E-state index contributed by atoms with van der Waals surface area (Å²) in [5.74, 6) is -1.21. The Kier molecular flexibility index (Phi) is 6.16. The van der Waals surface area contributed by atoms with Gasteiger partial charge in [-0.15, -0.1) is 0 Å². The van der Waals surface area contributed by atoms with Crippen LogP contribution in [0.3, 0.4) is 0 Å². The number of ketones is 2. The molecule has 0 aliphatic heterocycles. The third-order valence-electron chi connectivity index (χ3n) is 6.22. The number of nitrogens with one attached hydrogen (secondary N) is 2. The summed E-state index contributed by atoms with van der Waals surface area (Å²) in [5, 5.41) is 0. The minimum Gasteiger partial charge on any atom is -0.288 e. The molecule has 4 aromatic rings. The van der Waals surface area contributed by atoms with E-state index in [4.69, 9.17) is 0 Å². The summed E-state index contributed by atoms with van der Waals surface area (Å²) in [6, 6.07) is 20.9. The van der Waals surface area contributed by atoms with E-state index in [1.54, 1.807) is 24.3 Å². The van der Waals surface area contributed by atoms with Crippen molar-refractivity contribution in [2.24, 2.45) is 0 Å². The van der Waals surface area contributed by atoms with Crippen LogP contribution >= 0.6 is 0 Å². The number of hydrogen-bond donors (Lipinski definition) is 2. The van der Waals surface area contributed by atoms with E-state index in [0.717, 1.165) is 11.1 Å². The van der Waals surface area contributed by atoms with Crippen molar-refractivity contribution in [3.8, 4) is 0 Å². The third-order valence-corrected chi connectivity index (χ3v) is 8.99. The van der Waals surface area contributed by atoms with Gasteiger partial charge in [-0.25, -0.2) is 16.8 Å². The highest BCUT2D eigenvalue weighted by Gasteiger charge is 2.35. The van der Waals surface area contributed by atoms with Crippen LogP contribution in [0.1, 0.15) is 43.0 Å². The molecule has 0 fully saturated rings. The number of hydrogen-bond acceptors (Lipinski definition) is 6. The number of fused-ring (bicyclic) bond motifs is 2. The smallest absolute Gasteiger partial charge is 0.261 e. The molecule has 0 amide bonds. The average Bonchev–Trinajstić information content (AvgIpc) is 2.87. The molecule has 0 bridgehead atoms. The zero-order chi connectivity index (χ0) is 27.2. The third kappa shape index (κ3) is 4.48. The number of rotatable bonds is 6. The molecule has 0 radical (unpaired) electrons. The van der Waals surface area contributed by atoms with E-state index in [-0.39, 0.29) is 43.4 Å². The van der Waals surface area contributed by atoms with Gasteiger partial charge in [0.1, 0.15) is 0 Å². The van der Waals surface area contributed by atoms with E-state index >= 15 is 0 Å². The van der Waals surface area contributed by atoms with E-state index in [2.05, 4.69) is 9.44 Å².